The van der Waals surface area contributed by atoms with Gasteiger partial charge in [-0.15, -0.1) is 12.4 Å². The van der Waals surface area contributed by atoms with E-state index in [1.54, 1.807) is 14.1 Å². The molecule has 0 spiro atoms. The summed E-state index contributed by atoms with van der Waals surface area (Å²) >= 11 is 0. The lowest BCUT2D eigenvalue weighted by atomic mass is 10.1. The van der Waals surface area contributed by atoms with Gasteiger partial charge in [-0.25, -0.2) is 0 Å². The summed E-state index contributed by atoms with van der Waals surface area (Å²) in [6.45, 7) is 0.375. The molecule has 0 aliphatic carbocycles. The highest BCUT2D eigenvalue weighted by Crippen LogP contribution is 2.12. The third-order valence-electron chi connectivity index (χ3n) is 2.84. The molecule has 1 aromatic rings. The molecule has 2 amide bonds. The summed E-state index contributed by atoms with van der Waals surface area (Å²) in [6.07, 6.45) is 1.32. The number of hydrogen-bond donors (Lipinski definition) is 2. The molecule has 112 valence electrons. The first-order valence-electron chi connectivity index (χ1n) is 6.31. The zero-order chi connectivity index (χ0) is 14.3. The summed E-state index contributed by atoms with van der Waals surface area (Å²) in [4.78, 5) is 24.4. The highest BCUT2D eigenvalue weighted by Gasteiger charge is 2.06. The molecule has 0 heterocycles. The first-order valence-corrected chi connectivity index (χ1v) is 6.31. The molecule has 0 fully saturated rings. The molecule has 0 aliphatic heterocycles. The Kier molecular flexibility index (Phi) is 8.40. The standard InChI is InChI=1S/C14H21N3O2.ClH/c1-17(2)14(19)9-10-16-13(18)8-7-11-5-3-4-6-12(11)15;/h3-6H,7-10,15H2,1-2H3,(H,16,18);1H. The molecule has 0 unspecified atom stereocenters. The van der Waals surface area contributed by atoms with Crippen LogP contribution in [0.25, 0.3) is 0 Å². The number of nitrogens with two attached hydrogens (primary N) is 1. The van der Waals surface area contributed by atoms with Crippen LogP contribution in [-0.2, 0) is 16.0 Å². The summed E-state index contributed by atoms with van der Waals surface area (Å²) in [5.74, 6) is -0.0533. The number of benzene rings is 1. The minimum Gasteiger partial charge on any atom is -0.399 e. The van der Waals surface area contributed by atoms with Crippen molar-refractivity contribution in [2.24, 2.45) is 0 Å². The van der Waals surface area contributed by atoms with E-state index in [1.165, 1.54) is 4.90 Å². The average molecular weight is 300 g/mol. The quantitative estimate of drug-likeness (QED) is 0.776. The Hall–Kier alpha value is -1.75. The zero-order valence-electron chi connectivity index (χ0n) is 11.9. The molecule has 0 saturated carbocycles. The number of nitrogen functional groups attached to an aromatic ring is 1. The highest BCUT2D eigenvalue weighted by atomic mass is 35.5. The molecule has 5 nitrogen and oxygen atoms in total. The van der Waals surface area contributed by atoms with Crippen LogP contribution < -0.4 is 11.1 Å². The minimum atomic E-state index is -0.0604. The van der Waals surface area contributed by atoms with Gasteiger partial charge in [0.1, 0.15) is 0 Å². The van der Waals surface area contributed by atoms with E-state index in [2.05, 4.69) is 5.32 Å². The van der Waals surface area contributed by atoms with Gasteiger partial charge in [0.2, 0.25) is 11.8 Å². The third-order valence-corrected chi connectivity index (χ3v) is 2.84. The van der Waals surface area contributed by atoms with Crippen molar-refractivity contribution in [2.75, 3.05) is 26.4 Å². The fourth-order valence-electron chi connectivity index (χ4n) is 1.63. The minimum absolute atomic E-state index is 0. The summed E-state index contributed by atoms with van der Waals surface area (Å²) in [5, 5.41) is 2.73. The van der Waals surface area contributed by atoms with Gasteiger partial charge in [0, 0.05) is 39.2 Å². The molecule has 0 aromatic heterocycles. The van der Waals surface area contributed by atoms with E-state index in [9.17, 15) is 9.59 Å². The molecule has 0 bridgehead atoms. The monoisotopic (exact) mass is 299 g/mol. The number of carbonyl (C=O) groups excluding carboxylic acids is 2. The smallest absolute Gasteiger partial charge is 0.223 e. The molecule has 0 atom stereocenters. The highest BCUT2D eigenvalue weighted by molar-refractivity contribution is 5.85. The Balaban J connectivity index is 0.00000361. The van der Waals surface area contributed by atoms with Gasteiger partial charge in [-0.3, -0.25) is 9.59 Å². The maximum atomic E-state index is 11.6. The topological polar surface area (TPSA) is 75.4 Å². The third kappa shape index (κ3) is 6.43. The summed E-state index contributed by atoms with van der Waals surface area (Å²) in [5.41, 5.74) is 7.48. The molecule has 0 saturated heterocycles. The van der Waals surface area contributed by atoms with Crippen molar-refractivity contribution in [2.45, 2.75) is 19.3 Å². The fourth-order valence-corrected chi connectivity index (χ4v) is 1.63. The Morgan fingerprint density at radius 2 is 1.85 bits per heavy atom. The second-order valence-corrected chi connectivity index (χ2v) is 4.59. The van der Waals surface area contributed by atoms with Gasteiger partial charge >= 0.3 is 0 Å². The predicted molar refractivity (Wildman–Crippen MR) is 82.7 cm³/mol. The van der Waals surface area contributed by atoms with Crippen molar-refractivity contribution in [1.29, 1.82) is 0 Å². The van der Waals surface area contributed by atoms with Crippen molar-refractivity contribution in [3.8, 4) is 0 Å². The molecule has 0 radical (unpaired) electrons. The molecule has 3 N–H and O–H groups in total. The van der Waals surface area contributed by atoms with Gasteiger partial charge in [0.05, 0.1) is 0 Å². The lowest BCUT2D eigenvalue weighted by Gasteiger charge is -2.10. The van der Waals surface area contributed by atoms with Crippen LogP contribution >= 0.6 is 12.4 Å². The maximum absolute atomic E-state index is 11.6. The van der Waals surface area contributed by atoms with Crippen molar-refractivity contribution >= 4 is 29.9 Å². The number of hydrogen-bond acceptors (Lipinski definition) is 3. The number of amides is 2. The molecule has 1 aromatic carbocycles. The second-order valence-electron chi connectivity index (χ2n) is 4.59. The van der Waals surface area contributed by atoms with Crippen molar-refractivity contribution in [1.82, 2.24) is 10.2 Å². The number of anilines is 1. The second kappa shape index (κ2) is 9.20. The maximum Gasteiger partial charge on any atom is 0.223 e. The Labute approximate surface area is 125 Å². The average Bonchev–Trinajstić information content (AvgIpc) is 2.37. The molecular weight excluding hydrogens is 278 g/mol. The molecular formula is C14H22ClN3O2. The van der Waals surface area contributed by atoms with Crippen LogP contribution in [0.2, 0.25) is 0 Å². The van der Waals surface area contributed by atoms with Crippen LogP contribution in [0.4, 0.5) is 5.69 Å². The van der Waals surface area contributed by atoms with Crippen molar-refractivity contribution in [3.05, 3.63) is 29.8 Å². The molecule has 20 heavy (non-hydrogen) atoms. The van der Waals surface area contributed by atoms with E-state index in [-0.39, 0.29) is 24.2 Å². The van der Waals surface area contributed by atoms with Gasteiger partial charge in [-0.05, 0) is 18.1 Å². The lowest BCUT2D eigenvalue weighted by molar-refractivity contribution is -0.128. The van der Waals surface area contributed by atoms with Crippen LogP contribution in [0, 0.1) is 0 Å². The van der Waals surface area contributed by atoms with Crippen molar-refractivity contribution < 1.29 is 9.59 Å². The molecule has 1 rings (SSSR count). The SMILES string of the molecule is CN(C)C(=O)CCNC(=O)CCc1ccccc1N.Cl. The van der Waals surface area contributed by atoms with E-state index in [0.717, 1.165) is 5.56 Å². The number of nitrogens with one attached hydrogen (secondary N) is 1. The van der Waals surface area contributed by atoms with E-state index in [4.69, 9.17) is 5.73 Å². The van der Waals surface area contributed by atoms with Crippen LogP contribution in [0.1, 0.15) is 18.4 Å². The number of aryl methyl sites for hydroxylation is 1. The van der Waals surface area contributed by atoms with E-state index >= 15 is 0 Å². The lowest BCUT2D eigenvalue weighted by Crippen LogP contribution is -2.30. The van der Waals surface area contributed by atoms with E-state index in [1.807, 2.05) is 24.3 Å². The zero-order valence-corrected chi connectivity index (χ0v) is 12.7. The fraction of sp³-hybridized carbons (Fsp3) is 0.429. The van der Waals surface area contributed by atoms with Gasteiger partial charge in [-0.1, -0.05) is 18.2 Å². The van der Waals surface area contributed by atoms with E-state index in [0.29, 0.717) is 31.5 Å². The Morgan fingerprint density at radius 3 is 2.45 bits per heavy atom. The van der Waals surface area contributed by atoms with Crippen LogP contribution in [0.3, 0.4) is 0 Å². The summed E-state index contributed by atoms with van der Waals surface area (Å²) in [6, 6.07) is 7.51. The summed E-state index contributed by atoms with van der Waals surface area (Å²) < 4.78 is 0. The van der Waals surface area contributed by atoms with Crippen LogP contribution in [0.5, 0.6) is 0 Å². The van der Waals surface area contributed by atoms with Crippen LogP contribution in [-0.4, -0.2) is 37.4 Å². The Morgan fingerprint density at radius 1 is 1.20 bits per heavy atom. The Bertz CT molecular complexity index is 450. The van der Waals surface area contributed by atoms with Gasteiger partial charge < -0.3 is 16.0 Å². The largest absolute Gasteiger partial charge is 0.399 e. The summed E-state index contributed by atoms with van der Waals surface area (Å²) in [7, 11) is 3.39. The first-order chi connectivity index (χ1) is 9.00. The van der Waals surface area contributed by atoms with E-state index < -0.39 is 0 Å². The van der Waals surface area contributed by atoms with Gasteiger partial charge in [-0.2, -0.15) is 0 Å². The number of nitrogens with zero attached hydrogens (tertiary/aromatic N) is 1. The molecule has 6 heteroatoms. The molecule has 0 aliphatic rings. The van der Waals surface area contributed by atoms with Gasteiger partial charge in [0.25, 0.3) is 0 Å². The van der Waals surface area contributed by atoms with Gasteiger partial charge in [0.15, 0.2) is 0 Å². The first kappa shape index (κ1) is 18.2. The number of para-hydroxylation sites is 1. The number of halogens is 1. The predicted octanol–water partition coefficient (Wildman–Crippen LogP) is 1.22. The van der Waals surface area contributed by atoms with Crippen LogP contribution in [0.15, 0.2) is 24.3 Å². The number of rotatable bonds is 6. The van der Waals surface area contributed by atoms with Crippen molar-refractivity contribution in [3.63, 3.8) is 0 Å². The number of carbonyl (C=O) groups is 2. The normalized spacial score (nSPS) is 9.50.